The van der Waals surface area contributed by atoms with E-state index in [0.717, 1.165) is 6.42 Å². The van der Waals surface area contributed by atoms with Gasteiger partial charge in [-0.25, -0.2) is 0 Å². The fourth-order valence-corrected chi connectivity index (χ4v) is 2.79. The average molecular weight is 443 g/mol. The van der Waals surface area contributed by atoms with E-state index in [2.05, 4.69) is 21.3 Å². The lowest BCUT2D eigenvalue weighted by Crippen LogP contribution is -2.27. The van der Waals surface area contributed by atoms with E-state index >= 15 is 0 Å². The fraction of sp³-hybridized carbons (Fsp3) is 0.348. The molecule has 0 fully saturated rings. The highest BCUT2D eigenvalue weighted by atomic mass is 16.5. The number of carbonyl (C=O) groups excluding carboxylic acids is 3. The molecule has 0 aliphatic carbocycles. The molecule has 32 heavy (non-hydrogen) atoms. The van der Waals surface area contributed by atoms with Gasteiger partial charge in [-0.1, -0.05) is 12.1 Å². The summed E-state index contributed by atoms with van der Waals surface area (Å²) in [6.45, 7) is 1.93. The summed E-state index contributed by atoms with van der Waals surface area (Å²) < 4.78 is 9.87. The summed E-state index contributed by atoms with van der Waals surface area (Å²) in [4.78, 5) is 36.7. The van der Waals surface area contributed by atoms with Gasteiger partial charge in [0.25, 0.3) is 11.8 Å². The van der Waals surface area contributed by atoms with Gasteiger partial charge in [-0.15, -0.1) is 0 Å². The van der Waals surface area contributed by atoms with Gasteiger partial charge < -0.3 is 30.7 Å². The third kappa shape index (κ3) is 8.75. The van der Waals surface area contributed by atoms with Crippen LogP contribution in [-0.2, 0) is 14.3 Å². The minimum atomic E-state index is -0.281. The molecule has 0 atom stereocenters. The Morgan fingerprint density at radius 1 is 0.781 bits per heavy atom. The lowest BCUT2D eigenvalue weighted by atomic mass is 10.2. The first kappa shape index (κ1) is 24.8. The van der Waals surface area contributed by atoms with Crippen LogP contribution in [0.1, 0.15) is 27.1 Å². The Labute approximate surface area is 187 Å². The molecule has 0 aliphatic heterocycles. The smallest absolute Gasteiger partial charge is 0.251 e. The summed E-state index contributed by atoms with van der Waals surface area (Å²) in [6, 6.07) is 13.6. The van der Waals surface area contributed by atoms with Gasteiger partial charge in [-0.2, -0.15) is 0 Å². The van der Waals surface area contributed by atoms with Gasteiger partial charge in [0.2, 0.25) is 5.91 Å². The second-order valence-electron chi connectivity index (χ2n) is 6.91. The Morgan fingerprint density at radius 2 is 1.38 bits per heavy atom. The highest BCUT2D eigenvalue weighted by Gasteiger charge is 2.09. The van der Waals surface area contributed by atoms with Crippen LogP contribution >= 0.6 is 0 Å². The van der Waals surface area contributed by atoms with Gasteiger partial charge in [0.1, 0.15) is 0 Å². The molecule has 4 N–H and O–H groups in total. The summed E-state index contributed by atoms with van der Waals surface area (Å²) in [5, 5.41) is 11.3. The number of amides is 3. The molecule has 172 valence electrons. The molecule has 0 spiro atoms. The molecule has 0 saturated heterocycles. The largest absolute Gasteiger partial charge is 0.385 e. The first-order valence-corrected chi connectivity index (χ1v) is 10.3. The van der Waals surface area contributed by atoms with Crippen LogP contribution in [0.5, 0.6) is 0 Å². The highest BCUT2D eigenvalue weighted by molar-refractivity contribution is 5.98. The first-order chi connectivity index (χ1) is 15.5. The number of nitrogens with one attached hydrogen (secondary N) is 4. The quantitative estimate of drug-likeness (QED) is 0.352. The Morgan fingerprint density at radius 3 is 2.03 bits per heavy atom. The van der Waals surface area contributed by atoms with Crippen LogP contribution in [0.3, 0.4) is 0 Å². The standard InChI is InChI=1S/C23H30N4O5/c1-31-12-5-10-24-22(29)17-6-3-8-19(14-17)26-16-21(28)27-20-9-4-7-18(15-20)23(30)25-11-13-32-2/h3-4,6-9,14-15,26H,5,10-13,16H2,1-2H3,(H,24,29)(H,25,30)(H,27,28). The predicted molar refractivity (Wildman–Crippen MR) is 123 cm³/mol. The van der Waals surface area contributed by atoms with Crippen molar-refractivity contribution < 1.29 is 23.9 Å². The van der Waals surface area contributed by atoms with E-state index in [1.165, 1.54) is 0 Å². The van der Waals surface area contributed by atoms with E-state index in [-0.39, 0.29) is 24.3 Å². The van der Waals surface area contributed by atoms with Gasteiger partial charge in [0.15, 0.2) is 0 Å². The molecule has 2 rings (SSSR count). The van der Waals surface area contributed by atoms with Gasteiger partial charge in [0.05, 0.1) is 13.2 Å². The molecular weight excluding hydrogens is 412 g/mol. The van der Waals surface area contributed by atoms with E-state index in [4.69, 9.17) is 9.47 Å². The van der Waals surface area contributed by atoms with Crippen molar-refractivity contribution >= 4 is 29.1 Å². The molecule has 0 saturated carbocycles. The molecule has 0 bridgehead atoms. The Bertz CT molecular complexity index is 903. The lowest BCUT2D eigenvalue weighted by Gasteiger charge is -2.11. The van der Waals surface area contributed by atoms with Crippen molar-refractivity contribution in [3.63, 3.8) is 0 Å². The maximum Gasteiger partial charge on any atom is 0.251 e. The minimum absolute atomic E-state index is 0.00315. The molecular formula is C23H30N4O5. The summed E-state index contributed by atoms with van der Waals surface area (Å²) in [7, 11) is 3.18. The topological polar surface area (TPSA) is 118 Å². The van der Waals surface area contributed by atoms with Gasteiger partial charge >= 0.3 is 0 Å². The summed E-state index contributed by atoms with van der Waals surface area (Å²) in [5.74, 6) is -0.709. The maximum absolute atomic E-state index is 12.3. The second kappa shape index (κ2) is 13.8. The third-order valence-corrected chi connectivity index (χ3v) is 4.39. The Kier molecular flexibility index (Phi) is 10.7. The predicted octanol–water partition coefficient (Wildman–Crippen LogP) is 1.88. The van der Waals surface area contributed by atoms with Crippen molar-refractivity contribution in [2.24, 2.45) is 0 Å². The summed E-state index contributed by atoms with van der Waals surface area (Å²) in [5.41, 5.74) is 2.10. The number of rotatable bonds is 13. The average Bonchev–Trinajstić information content (AvgIpc) is 2.81. The van der Waals surface area contributed by atoms with Gasteiger partial charge in [-0.05, 0) is 42.8 Å². The van der Waals surface area contributed by atoms with Crippen molar-refractivity contribution in [3.05, 3.63) is 59.7 Å². The molecule has 0 unspecified atom stereocenters. The molecule has 0 heterocycles. The number of hydrogen-bond acceptors (Lipinski definition) is 6. The molecule has 3 amide bonds. The first-order valence-electron chi connectivity index (χ1n) is 10.3. The number of methoxy groups -OCH3 is 2. The highest BCUT2D eigenvalue weighted by Crippen LogP contribution is 2.12. The number of anilines is 2. The fourth-order valence-electron chi connectivity index (χ4n) is 2.79. The van der Waals surface area contributed by atoms with Crippen LogP contribution in [0.4, 0.5) is 11.4 Å². The van der Waals surface area contributed by atoms with Crippen LogP contribution in [0, 0.1) is 0 Å². The molecule has 0 aromatic heterocycles. The van der Waals surface area contributed by atoms with E-state index < -0.39 is 0 Å². The van der Waals surface area contributed by atoms with Crippen LogP contribution in [-0.4, -0.2) is 64.8 Å². The number of carbonyl (C=O) groups is 3. The number of benzene rings is 2. The van der Waals surface area contributed by atoms with Crippen molar-refractivity contribution in [1.82, 2.24) is 10.6 Å². The van der Waals surface area contributed by atoms with Crippen molar-refractivity contribution in [2.45, 2.75) is 6.42 Å². The van der Waals surface area contributed by atoms with Crippen LogP contribution < -0.4 is 21.3 Å². The van der Waals surface area contributed by atoms with Crippen molar-refractivity contribution in [1.29, 1.82) is 0 Å². The number of ether oxygens (including phenoxy) is 2. The molecule has 0 aliphatic rings. The zero-order valence-corrected chi connectivity index (χ0v) is 18.4. The van der Waals surface area contributed by atoms with Crippen LogP contribution in [0.2, 0.25) is 0 Å². The minimum Gasteiger partial charge on any atom is -0.385 e. The summed E-state index contributed by atoms with van der Waals surface area (Å²) in [6.07, 6.45) is 0.733. The van der Waals surface area contributed by atoms with Crippen molar-refractivity contribution in [3.8, 4) is 0 Å². The normalized spacial score (nSPS) is 10.3. The summed E-state index contributed by atoms with van der Waals surface area (Å²) >= 11 is 0. The zero-order chi connectivity index (χ0) is 23.2. The second-order valence-corrected chi connectivity index (χ2v) is 6.91. The van der Waals surface area contributed by atoms with E-state index in [1.807, 2.05) is 0 Å². The monoisotopic (exact) mass is 442 g/mol. The third-order valence-electron chi connectivity index (χ3n) is 4.39. The molecule has 0 radical (unpaired) electrons. The molecule has 2 aromatic rings. The maximum atomic E-state index is 12.3. The number of hydrogen-bond donors (Lipinski definition) is 4. The van der Waals surface area contributed by atoms with Crippen LogP contribution in [0.25, 0.3) is 0 Å². The van der Waals surface area contributed by atoms with E-state index in [9.17, 15) is 14.4 Å². The molecule has 2 aromatic carbocycles. The lowest BCUT2D eigenvalue weighted by molar-refractivity contribution is -0.114. The van der Waals surface area contributed by atoms with E-state index in [1.54, 1.807) is 62.8 Å². The van der Waals surface area contributed by atoms with E-state index in [0.29, 0.717) is 48.8 Å². The van der Waals surface area contributed by atoms with Crippen molar-refractivity contribution in [2.75, 3.05) is 57.7 Å². The van der Waals surface area contributed by atoms with Gasteiger partial charge in [-0.3, -0.25) is 14.4 Å². The Balaban J connectivity index is 1.85. The molecule has 9 heteroatoms. The Hall–Kier alpha value is -3.43. The van der Waals surface area contributed by atoms with Gasteiger partial charge in [0, 0.05) is 56.4 Å². The zero-order valence-electron chi connectivity index (χ0n) is 18.4. The van der Waals surface area contributed by atoms with Crippen LogP contribution in [0.15, 0.2) is 48.5 Å². The SMILES string of the molecule is COCCCNC(=O)c1cccc(NCC(=O)Nc2cccc(C(=O)NCCOC)c2)c1. The molecule has 9 nitrogen and oxygen atoms in total.